The molecular weight excluding hydrogens is 612 g/mol. The van der Waals surface area contributed by atoms with E-state index in [9.17, 15) is 9.59 Å². The molecule has 47 heavy (non-hydrogen) atoms. The van der Waals surface area contributed by atoms with Crippen molar-refractivity contribution in [3.05, 3.63) is 143 Å². The minimum Gasteiger partial charge on any atom is -0.480 e. The molecule has 8 heteroatoms. The lowest BCUT2D eigenvalue weighted by Gasteiger charge is -2.40. The Morgan fingerprint density at radius 2 is 1.23 bits per heavy atom. The van der Waals surface area contributed by atoms with Crippen LogP contribution in [0.15, 0.2) is 125 Å². The second-order valence-electron chi connectivity index (χ2n) is 11.2. The number of methoxy groups -OCH3 is 1. The maximum atomic E-state index is 14.2. The molecule has 5 rings (SSSR count). The van der Waals surface area contributed by atoms with E-state index in [0.29, 0.717) is 16.3 Å². The minimum atomic E-state index is -1.09. The van der Waals surface area contributed by atoms with Gasteiger partial charge in [0.15, 0.2) is 0 Å². The monoisotopic (exact) mass is 650 g/mol. The molecule has 4 aromatic carbocycles. The predicted molar refractivity (Wildman–Crippen MR) is 185 cm³/mol. The second-order valence-corrected chi connectivity index (χ2v) is 11.6. The minimum absolute atomic E-state index is 0.131. The van der Waals surface area contributed by atoms with Gasteiger partial charge in [0.25, 0.3) is 0 Å². The molecular formula is C39H39ClN2O5. The summed E-state index contributed by atoms with van der Waals surface area (Å²) in [5.41, 5.74) is 2.69. The summed E-state index contributed by atoms with van der Waals surface area (Å²) in [5.74, 6) is -3.51. The van der Waals surface area contributed by atoms with Crippen LogP contribution in [0.2, 0.25) is 5.02 Å². The summed E-state index contributed by atoms with van der Waals surface area (Å²) in [6.07, 6.45) is 0. The Hall–Kier alpha value is -4.75. The zero-order chi connectivity index (χ0) is 33.4. The van der Waals surface area contributed by atoms with Crippen LogP contribution in [0, 0.1) is 11.8 Å². The number of halogens is 1. The highest BCUT2D eigenvalue weighted by atomic mass is 35.5. The van der Waals surface area contributed by atoms with Gasteiger partial charge in [-0.3, -0.25) is 14.6 Å². The highest BCUT2D eigenvalue weighted by Crippen LogP contribution is 2.46. The van der Waals surface area contributed by atoms with E-state index in [1.165, 1.54) is 7.11 Å². The number of nitrogens with zero attached hydrogens (tertiary/aromatic N) is 2. The van der Waals surface area contributed by atoms with Crippen LogP contribution in [0.25, 0.3) is 0 Å². The fraction of sp³-hybridized carbons (Fsp3) is 0.282. The molecule has 4 unspecified atom stereocenters. The lowest BCUT2D eigenvalue weighted by Crippen LogP contribution is -2.50. The van der Waals surface area contributed by atoms with Gasteiger partial charge in [0.05, 0.1) is 26.2 Å². The quantitative estimate of drug-likeness (QED) is 0.0761. The molecule has 0 fully saturated rings. The van der Waals surface area contributed by atoms with Gasteiger partial charge in [0.2, 0.25) is 5.90 Å². The molecule has 0 aliphatic carbocycles. The van der Waals surface area contributed by atoms with Crippen molar-refractivity contribution in [2.75, 3.05) is 20.3 Å². The SMILES string of the molecule is CCOC(=O)C1C(C(=NC(c2ccccc2)(c2ccccc2)c2ccccc2)OCC)N=C(C)C(C(=O)OC)C1c1ccccc1Cl. The molecule has 4 atom stereocenters. The summed E-state index contributed by atoms with van der Waals surface area (Å²) in [7, 11) is 1.33. The van der Waals surface area contributed by atoms with Crippen molar-refractivity contribution >= 4 is 35.1 Å². The first-order chi connectivity index (χ1) is 22.9. The average Bonchev–Trinajstić information content (AvgIpc) is 3.11. The van der Waals surface area contributed by atoms with Crippen molar-refractivity contribution < 1.29 is 23.8 Å². The van der Waals surface area contributed by atoms with Crippen molar-refractivity contribution in [1.29, 1.82) is 0 Å². The van der Waals surface area contributed by atoms with Crippen LogP contribution in [0.4, 0.5) is 0 Å². The number of ether oxygens (including phenoxy) is 3. The Bertz CT molecular complexity index is 1630. The van der Waals surface area contributed by atoms with Crippen LogP contribution in [0.3, 0.4) is 0 Å². The Balaban J connectivity index is 1.86. The van der Waals surface area contributed by atoms with Crippen molar-refractivity contribution in [3.63, 3.8) is 0 Å². The molecule has 0 spiro atoms. The standard InChI is InChI=1S/C39H39ClN2O5/c1-5-46-36(42-39(27-18-10-7-11-19-27,28-20-12-8-13-21-28)29-22-14-9-15-23-29)35-34(38(44)47-6-2)33(30-24-16-17-25-31(30)40)32(26(3)41-35)37(43)45-4/h7-25,32-35H,5-6H2,1-4H3. The summed E-state index contributed by atoms with van der Waals surface area (Å²) < 4.78 is 17.4. The van der Waals surface area contributed by atoms with E-state index >= 15 is 0 Å². The zero-order valence-electron chi connectivity index (χ0n) is 27.0. The van der Waals surface area contributed by atoms with E-state index in [0.717, 1.165) is 16.7 Å². The third-order valence-electron chi connectivity index (χ3n) is 8.56. The molecule has 0 saturated carbocycles. The second kappa shape index (κ2) is 15.2. The molecule has 1 heterocycles. The number of rotatable bonds is 10. The van der Waals surface area contributed by atoms with E-state index in [1.54, 1.807) is 26.0 Å². The molecule has 0 N–H and O–H groups in total. The van der Waals surface area contributed by atoms with E-state index in [1.807, 2.05) is 110 Å². The van der Waals surface area contributed by atoms with Gasteiger partial charge in [-0.2, -0.15) is 0 Å². The highest BCUT2D eigenvalue weighted by molar-refractivity contribution is 6.31. The van der Waals surface area contributed by atoms with Crippen molar-refractivity contribution in [2.45, 2.75) is 38.3 Å². The van der Waals surface area contributed by atoms with E-state index in [-0.39, 0.29) is 19.1 Å². The fourth-order valence-electron chi connectivity index (χ4n) is 6.56. The van der Waals surface area contributed by atoms with Gasteiger partial charge in [-0.15, -0.1) is 0 Å². The van der Waals surface area contributed by atoms with E-state index in [2.05, 4.69) is 0 Å². The Morgan fingerprint density at radius 1 is 0.745 bits per heavy atom. The van der Waals surface area contributed by atoms with Crippen LogP contribution in [-0.4, -0.2) is 49.9 Å². The maximum absolute atomic E-state index is 14.2. The lowest BCUT2D eigenvalue weighted by atomic mass is 9.69. The number of carbonyl (C=O) groups is 2. The summed E-state index contributed by atoms with van der Waals surface area (Å²) in [6.45, 7) is 5.76. The molecule has 0 bridgehead atoms. The Labute approximate surface area is 281 Å². The van der Waals surface area contributed by atoms with Crippen molar-refractivity contribution in [2.24, 2.45) is 21.8 Å². The summed E-state index contributed by atoms with van der Waals surface area (Å²) in [6, 6.07) is 36.2. The molecule has 1 aliphatic heterocycles. The smallest absolute Gasteiger partial charge is 0.315 e. The number of esters is 2. The van der Waals surface area contributed by atoms with Crippen molar-refractivity contribution in [3.8, 4) is 0 Å². The number of hydrogen-bond acceptors (Lipinski definition) is 7. The normalized spacial score (nSPS) is 19.8. The third kappa shape index (κ3) is 6.72. The van der Waals surface area contributed by atoms with Gasteiger partial charge in [-0.05, 0) is 49.1 Å². The van der Waals surface area contributed by atoms with Gasteiger partial charge in [-0.25, -0.2) is 4.99 Å². The predicted octanol–water partition coefficient (Wildman–Crippen LogP) is 7.66. The molecule has 4 aromatic rings. The van der Waals surface area contributed by atoms with Crippen LogP contribution >= 0.6 is 11.6 Å². The Morgan fingerprint density at radius 3 is 1.70 bits per heavy atom. The first-order valence-corrected chi connectivity index (χ1v) is 16.2. The fourth-order valence-corrected chi connectivity index (χ4v) is 6.82. The number of hydrogen-bond donors (Lipinski definition) is 0. The molecule has 0 amide bonds. The Kier molecular flexibility index (Phi) is 10.9. The van der Waals surface area contributed by atoms with Crippen LogP contribution < -0.4 is 0 Å². The molecule has 1 aliphatic rings. The van der Waals surface area contributed by atoms with Gasteiger partial charge in [0, 0.05) is 16.7 Å². The molecule has 0 aromatic heterocycles. The first-order valence-electron chi connectivity index (χ1n) is 15.8. The maximum Gasteiger partial charge on any atom is 0.315 e. The topological polar surface area (TPSA) is 86.5 Å². The average molecular weight is 651 g/mol. The summed E-state index contributed by atoms with van der Waals surface area (Å²) >= 11 is 6.79. The number of benzene rings is 4. The van der Waals surface area contributed by atoms with Gasteiger partial charge >= 0.3 is 11.9 Å². The van der Waals surface area contributed by atoms with Crippen LogP contribution in [-0.2, 0) is 29.3 Å². The van der Waals surface area contributed by atoms with Crippen LogP contribution in [0.1, 0.15) is 48.9 Å². The van der Waals surface area contributed by atoms with Crippen molar-refractivity contribution in [1.82, 2.24) is 0 Å². The highest BCUT2D eigenvalue weighted by Gasteiger charge is 2.52. The molecule has 0 radical (unpaired) electrons. The summed E-state index contributed by atoms with van der Waals surface area (Å²) in [4.78, 5) is 38.1. The first kappa shape index (κ1) is 33.6. The number of carbonyl (C=O) groups excluding carboxylic acids is 2. The number of aliphatic imine (C=N–C) groups is 2. The molecule has 7 nitrogen and oxygen atoms in total. The third-order valence-corrected chi connectivity index (χ3v) is 8.90. The van der Waals surface area contributed by atoms with E-state index < -0.39 is 41.3 Å². The largest absolute Gasteiger partial charge is 0.480 e. The van der Waals surface area contributed by atoms with Gasteiger partial charge in [-0.1, -0.05) is 121 Å². The van der Waals surface area contributed by atoms with E-state index in [4.69, 9.17) is 35.8 Å². The summed E-state index contributed by atoms with van der Waals surface area (Å²) in [5, 5.41) is 0.413. The zero-order valence-corrected chi connectivity index (χ0v) is 27.8. The van der Waals surface area contributed by atoms with Gasteiger partial charge in [0.1, 0.15) is 17.5 Å². The van der Waals surface area contributed by atoms with Crippen LogP contribution in [0.5, 0.6) is 0 Å². The van der Waals surface area contributed by atoms with Gasteiger partial charge < -0.3 is 14.2 Å². The lowest BCUT2D eigenvalue weighted by molar-refractivity contribution is -0.151. The molecule has 0 saturated heterocycles. The molecule has 242 valence electrons.